The van der Waals surface area contributed by atoms with Gasteiger partial charge in [-0.1, -0.05) is 36.4 Å². The standard InChI is InChI=1S/C10H15BrN4O2/c1-6(2)8-9(15(16)17)10(14(4)13-8)12-5-7(3)11/h6,12H,3,5H2,1-2,4H3. The molecule has 0 aliphatic heterocycles. The molecule has 0 saturated carbocycles. The molecule has 0 aliphatic carbocycles. The Labute approximate surface area is 108 Å². The molecule has 0 spiro atoms. The molecule has 0 aliphatic rings. The molecule has 0 unspecified atom stereocenters. The number of hydrogen-bond acceptors (Lipinski definition) is 4. The van der Waals surface area contributed by atoms with Gasteiger partial charge in [0, 0.05) is 24.0 Å². The van der Waals surface area contributed by atoms with Crippen LogP contribution in [0.15, 0.2) is 11.1 Å². The highest BCUT2D eigenvalue weighted by molar-refractivity contribution is 9.11. The summed E-state index contributed by atoms with van der Waals surface area (Å²) in [4.78, 5) is 10.7. The van der Waals surface area contributed by atoms with Crippen molar-refractivity contribution in [3.05, 3.63) is 26.9 Å². The maximum absolute atomic E-state index is 11.1. The predicted molar refractivity (Wildman–Crippen MR) is 70.5 cm³/mol. The number of rotatable bonds is 5. The minimum absolute atomic E-state index is 0.00400. The van der Waals surface area contributed by atoms with E-state index in [4.69, 9.17) is 0 Å². The van der Waals surface area contributed by atoms with Crippen molar-refractivity contribution in [3.63, 3.8) is 0 Å². The quantitative estimate of drug-likeness (QED) is 0.670. The molecule has 0 saturated heterocycles. The van der Waals surface area contributed by atoms with Crippen LogP contribution in [-0.4, -0.2) is 21.2 Å². The molecule has 1 N–H and O–H groups in total. The van der Waals surface area contributed by atoms with Crippen molar-refractivity contribution < 1.29 is 4.92 Å². The van der Waals surface area contributed by atoms with E-state index in [2.05, 4.69) is 32.9 Å². The largest absolute Gasteiger partial charge is 0.360 e. The molecule has 1 aromatic heterocycles. The van der Waals surface area contributed by atoms with Gasteiger partial charge in [0.1, 0.15) is 5.69 Å². The molecule has 1 rings (SSSR count). The van der Waals surface area contributed by atoms with Crippen LogP contribution in [0, 0.1) is 10.1 Å². The lowest BCUT2D eigenvalue weighted by molar-refractivity contribution is -0.384. The third-order valence-corrected chi connectivity index (χ3v) is 2.51. The van der Waals surface area contributed by atoms with E-state index in [1.54, 1.807) is 7.05 Å². The zero-order chi connectivity index (χ0) is 13.2. The highest BCUT2D eigenvalue weighted by Crippen LogP contribution is 2.32. The van der Waals surface area contributed by atoms with E-state index in [1.165, 1.54) is 4.68 Å². The van der Waals surface area contributed by atoms with Crippen molar-refractivity contribution in [2.75, 3.05) is 11.9 Å². The second-order valence-corrected chi connectivity index (χ2v) is 5.11. The molecule has 0 aromatic carbocycles. The van der Waals surface area contributed by atoms with E-state index in [-0.39, 0.29) is 11.6 Å². The molecule has 1 heterocycles. The number of nitro groups is 1. The highest BCUT2D eigenvalue weighted by atomic mass is 79.9. The van der Waals surface area contributed by atoms with Crippen LogP contribution < -0.4 is 5.32 Å². The van der Waals surface area contributed by atoms with E-state index in [1.807, 2.05) is 13.8 Å². The predicted octanol–water partition coefficient (Wildman–Crippen LogP) is 2.77. The summed E-state index contributed by atoms with van der Waals surface area (Å²) in [6.07, 6.45) is 0. The molecular weight excluding hydrogens is 288 g/mol. The lowest BCUT2D eigenvalue weighted by Crippen LogP contribution is -2.07. The fourth-order valence-electron chi connectivity index (χ4n) is 1.48. The summed E-state index contributed by atoms with van der Waals surface area (Å²) >= 11 is 3.20. The molecule has 94 valence electrons. The van der Waals surface area contributed by atoms with Gasteiger partial charge in [0.05, 0.1) is 4.92 Å². The number of nitrogens with one attached hydrogen (secondary N) is 1. The van der Waals surface area contributed by atoms with Crippen molar-refractivity contribution in [2.24, 2.45) is 7.05 Å². The molecular formula is C10H15BrN4O2. The van der Waals surface area contributed by atoms with Gasteiger partial charge in [-0.2, -0.15) is 5.10 Å². The van der Waals surface area contributed by atoms with Gasteiger partial charge >= 0.3 is 5.69 Å². The van der Waals surface area contributed by atoms with Gasteiger partial charge in [0.15, 0.2) is 0 Å². The van der Waals surface area contributed by atoms with E-state index in [9.17, 15) is 10.1 Å². The molecule has 1 aromatic rings. The summed E-state index contributed by atoms with van der Waals surface area (Å²) in [5.41, 5.74) is 0.524. The fraction of sp³-hybridized carbons (Fsp3) is 0.500. The molecule has 0 fully saturated rings. The number of aryl methyl sites for hydroxylation is 1. The zero-order valence-corrected chi connectivity index (χ0v) is 11.6. The van der Waals surface area contributed by atoms with Gasteiger partial charge in [0.2, 0.25) is 5.82 Å². The second-order valence-electron chi connectivity index (χ2n) is 3.99. The van der Waals surface area contributed by atoms with Gasteiger partial charge in [-0.25, -0.2) is 4.68 Å². The van der Waals surface area contributed by atoms with Crippen molar-refractivity contribution in [1.82, 2.24) is 9.78 Å². The maximum atomic E-state index is 11.1. The molecule has 6 nitrogen and oxygen atoms in total. The topological polar surface area (TPSA) is 73.0 Å². The van der Waals surface area contributed by atoms with Gasteiger partial charge in [-0.05, 0) is 0 Å². The summed E-state index contributed by atoms with van der Waals surface area (Å²) in [5, 5.41) is 18.2. The molecule has 0 radical (unpaired) electrons. The van der Waals surface area contributed by atoms with E-state index in [0.29, 0.717) is 18.1 Å². The second kappa shape index (κ2) is 5.31. The lowest BCUT2D eigenvalue weighted by Gasteiger charge is -2.04. The van der Waals surface area contributed by atoms with Gasteiger partial charge in [0.25, 0.3) is 0 Å². The third-order valence-electron chi connectivity index (χ3n) is 2.23. The Morgan fingerprint density at radius 3 is 2.71 bits per heavy atom. The van der Waals surface area contributed by atoms with Crippen LogP contribution in [0.2, 0.25) is 0 Å². The Morgan fingerprint density at radius 2 is 2.29 bits per heavy atom. The van der Waals surface area contributed by atoms with Crippen LogP contribution in [0.5, 0.6) is 0 Å². The zero-order valence-electron chi connectivity index (χ0n) is 10.0. The minimum Gasteiger partial charge on any atom is -0.360 e. The Balaban J connectivity index is 3.18. The average Bonchev–Trinajstić information content (AvgIpc) is 2.52. The van der Waals surface area contributed by atoms with Crippen molar-refractivity contribution in [1.29, 1.82) is 0 Å². The molecule has 0 amide bonds. The monoisotopic (exact) mass is 302 g/mol. The number of nitrogens with zero attached hydrogens (tertiary/aromatic N) is 3. The summed E-state index contributed by atoms with van der Waals surface area (Å²) in [5.74, 6) is 0.406. The van der Waals surface area contributed by atoms with Gasteiger partial charge in [-0.15, -0.1) is 0 Å². The fourth-order valence-corrected chi connectivity index (χ4v) is 1.62. The van der Waals surface area contributed by atoms with E-state index < -0.39 is 4.92 Å². The lowest BCUT2D eigenvalue weighted by atomic mass is 10.1. The van der Waals surface area contributed by atoms with Crippen LogP contribution in [-0.2, 0) is 7.05 Å². The van der Waals surface area contributed by atoms with Crippen molar-refractivity contribution in [3.8, 4) is 0 Å². The smallest absolute Gasteiger partial charge is 0.334 e. The first-order valence-corrected chi connectivity index (χ1v) is 5.92. The molecule has 17 heavy (non-hydrogen) atoms. The van der Waals surface area contributed by atoms with Gasteiger partial charge in [-0.3, -0.25) is 10.1 Å². The first-order chi connectivity index (χ1) is 7.84. The Hall–Kier alpha value is -1.37. The molecule has 0 bridgehead atoms. The first kappa shape index (κ1) is 13.7. The summed E-state index contributed by atoms with van der Waals surface area (Å²) < 4.78 is 2.21. The number of aromatic nitrogens is 2. The van der Waals surface area contributed by atoms with E-state index in [0.717, 1.165) is 4.48 Å². The van der Waals surface area contributed by atoms with Crippen LogP contribution in [0.4, 0.5) is 11.5 Å². The Morgan fingerprint density at radius 1 is 1.71 bits per heavy atom. The SMILES string of the molecule is C=C(Br)CNc1c([N+](=O)[O-])c(C(C)C)nn1C. The van der Waals surface area contributed by atoms with Crippen LogP contribution in [0.3, 0.4) is 0 Å². The average molecular weight is 303 g/mol. The normalized spacial score (nSPS) is 10.6. The number of halogens is 1. The number of anilines is 1. The number of hydrogen-bond donors (Lipinski definition) is 1. The Kier molecular flexibility index (Phi) is 4.28. The van der Waals surface area contributed by atoms with Crippen LogP contribution in [0.1, 0.15) is 25.5 Å². The molecule has 7 heteroatoms. The van der Waals surface area contributed by atoms with Crippen molar-refractivity contribution in [2.45, 2.75) is 19.8 Å². The van der Waals surface area contributed by atoms with Crippen LogP contribution in [0.25, 0.3) is 0 Å². The summed E-state index contributed by atoms with van der Waals surface area (Å²) in [6.45, 7) is 7.84. The summed E-state index contributed by atoms with van der Waals surface area (Å²) in [7, 11) is 1.68. The summed E-state index contributed by atoms with van der Waals surface area (Å²) in [6, 6.07) is 0. The maximum Gasteiger partial charge on any atom is 0.334 e. The highest BCUT2D eigenvalue weighted by Gasteiger charge is 2.28. The molecule has 0 atom stereocenters. The van der Waals surface area contributed by atoms with E-state index >= 15 is 0 Å². The first-order valence-electron chi connectivity index (χ1n) is 5.13. The Bertz CT molecular complexity index is 453. The van der Waals surface area contributed by atoms with Gasteiger partial charge < -0.3 is 5.32 Å². The minimum atomic E-state index is -0.401. The third kappa shape index (κ3) is 3.06. The van der Waals surface area contributed by atoms with Crippen LogP contribution >= 0.6 is 15.9 Å². The van der Waals surface area contributed by atoms with Crippen molar-refractivity contribution >= 4 is 27.4 Å².